The summed E-state index contributed by atoms with van der Waals surface area (Å²) in [5.74, 6) is 0.479. The zero-order valence-electron chi connectivity index (χ0n) is 16.0. The van der Waals surface area contributed by atoms with Gasteiger partial charge in [0.15, 0.2) is 5.76 Å². The minimum Gasteiger partial charge on any atom is -0.360 e. The van der Waals surface area contributed by atoms with Gasteiger partial charge in [0.1, 0.15) is 10.6 Å². The highest BCUT2D eigenvalue weighted by atomic mass is 32.2. The molecule has 1 spiro atoms. The van der Waals surface area contributed by atoms with Crippen molar-refractivity contribution in [2.75, 3.05) is 39.8 Å². The van der Waals surface area contributed by atoms with Crippen molar-refractivity contribution >= 4 is 15.9 Å². The zero-order chi connectivity index (χ0) is 19.1. The highest BCUT2D eigenvalue weighted by molar-refractivity contribution is 7.89. The molecule has 2 saturated heterocycles. The maximum absolute atomic E-state index is 13.2. The van der Waals surface area contributed by atoms with Crippen LogP contribution in [-0.4, -0.2) is 78.9 Å². The quantitative estimate of drug-likeness (QED) is 0.773. The first-order valence-corrected chi connectivity index (χ1v) is 10.6. The number of nitrogens with zero attached hydrogens (tertiary/aromatic N) is 4. The summed E-state index contributed by atoms with van der Waals surface area (Å²) in [6, 6.07) is 0. The lowest BCUT2D eigenvalue weighted by Gasteiger charge is -2.48. The summed E-state index contributed by atoms with van der Waals surface area (Å²) in [6.07, 6.45) is 1.90. The Morgan fingerprint density at radius 1 is 1.19 bits per heavy atom. The van der Waals surface area contributed by atoms with Crippen LogP contribution in [0.4, 0.5) is 0 Å². The number of sulfonamides is 1. The largest absolute Gasteiger partial charge is 0.360 e. The number of carbonyl (C=O) groups is 1. The Morgan fingerprint density at radius 3 is 2.54 bits per heavy atom. The Hall–Kier alpha value is -1.45. The van der Waals surface area contributed by atoms with Crippen LogP contribution in [0.3, 0.4) is 0 Å². The van der Waals surface area contributed by atoms with Crippen molar-refractivity contribution in [3.8, 4) is 0 Å². The van der Waals surface area contributed by atoms with Crippen LogP contribution < -0.4 is 0 Å². The van der Waals surface area contributed by atoms with E-state index in [9.17, 15) is 13.2 Å². The number of carbonyl (C=O) groups excluding carboxylic acids is 1. The van der Waals surface area contributed by atoms with Crippen LogP contribution in [0.1, 0.15) is 37.6 Å². The standard InChI is InChI=1S/C17H28N4O4S/c1-5-20-9-8-17(7-6-15(20)22)12-21(11-10-19(17)4)26(23,24)16-13(2)18-25-14(16)3/h5-12H2,1-4H3/t17-/m0/s1. The van der Waals surface area contributed by atoms with E-state index in [0.29, 0.717) is 57.0 Å². The number of rotatable bonds is 3. The third-order valence-electron chi connectivity index (χ3n) is 5.92. The van der Waals surface area contributed by atoms with Crippen LogP contribution in [0.2, 0.25) is 0 Å². The lowest BCUT2D eigenvalue weighted by molar-refractivity contribution is -0.130. The van der Waals surface area contributed by atoms with Crippen molar-refractivity contribution in [1.29, 1.82) is 0 Å². The minimum absolute atomic E-state index is 0.156. The van der Waals surface area contributed by atoms with Gasteiger partial charge in [-0.3, -0.25) is 9.69 Å². The van der Waals surface area contributed by atoms with Gasteiger partial charge in [-0.05, 0) is 40.7 Å². The first kappa shape index (κ1) is 19.3. The molecule has 3 rings (SSSR count). The van der Waals surface area contributed by atoms with Crippen LogP contribution in [0.25, 0.3) is 0 Å². The molecule has 0 aliphatic carbocycles. The molecule has 0 saturated carbocycles. The lowest BCUT2D eigenvalue weighted by Crippen LogP contribution is -2.62. The van der Waals surface area contributed by atoms with Gasteiger partial charge in [0.05, 0.1) is 0 Å². The van der Waals surface area contributed by atoms with Crippen molar-refractivity contribution in [2.24, 2.45) is 0 Å². The van der Waals surface area contributed by atoms with Crippen molar-refractivity contribution < 1.29 is 17.7 Å². The maximum Gasteiger partial charge on any atom is 0.248 e. The topological polar surface area (TPSA) is 87.0 Å². The van der Waals surface area contributed by atoms with E-state index in [4.69, 9.17) is 4.52 Å². The van der Waals surface area contributed by atoms with E-state index >= 15 is 0 Å². The third-order valence-corrected chi connectivity index (χ3v) is 8.01. The molecule has 146 valence electrons. The smallest absolute Gasteiger partial charge is 0.248 e. The first-order valence-electron chi connectivity index (χ1n) is 9.13. The first-order chi connectivity index (χ1) is 12.2. The van der Waals surface area contributed by atoms with Crippen LogP contribution in [0, 0.1) is 13.8 Å². The van der Waals surface area contributed by atoms with Gasteiger partial charge in [0.2, 0.25) is 15.9 Å². The Bertz CT molecular complexity index is 771. The van der Waals surface area contributed by atoms with Crippen LogP contribution >= 0.6 is 0 Å². The molecular formula is C17H28N4O4S. The van der Waals surface area contributed by atoms with E-state index in [2.05, 4.69) is 10.1 Å². The predicted molar refractivity (Wildman–Crippen MR) is 96.2 cm³/mol. The van der Waals surface area contributed by atoms with Gasteiger partial charge in [-0.15, -0.1) is 0 Å². The predicted octanol–water partition coefficient (Wildman–Crippen LogP) is 0.999. The average Bonchev–Trinajstić information content (AvgIpc) is 2.85. The fourth-order valence-electron chi connectivity index (χ4n) is 4.17. The highest BCUT2D eigenvalue weighted by Gasteiger charge is 2.46. The number of aromatic nitrogens is 1. The normalized spacial score (nSPS) is 26.5. The van der Waals surface area contributed by atoms with Crippen molar-refractivity contribution in [1.82, 2.24) is 19.3 Å². The second-order valence-electron chi connectivity index (χ2n) is 7.36. The monoisotopic (exact) mass is 384 g/mol. The number of amides is 1. The molecule has 1 amide bonds. The van der Waals surface area contributed by atoms with Crippen LogP contribution in [-0.2, 0) is 14.8 Å². The molecule has 1 atom stereocenters. The Balaban J connectivity index is 1.90. The second-order valence-corrected chi connectivity index (χ2v) is 9.24. The van der Waals surface area contributed by atoms with E-state index in [1.807, 2.05) is 18.9 Å². The number of aryl methyl sites for hydroxylation is 2. The summed E-state index contributed by atoms with van der Waals surface area (Å²) < 4.78 is 33.1. The van der Waals surface area contributed by atoms with E-state index < -0.39 is 10.0 Å². The summed E-state index contributed by atoms with van der Waals surface area (Å²) in [6.45, 7) is 8.08. The summed E-state index contributed by atoms with van der Waals surface area (Å²) >= 11 is 0. The molecular weight excluding hydrogens is 356 g/mol. The molecule has 3 heterocycles. The van der Waals surface area contributed by atoms with Gasteiger partial charge >= 0.3 is 0 Å². The molecule has 2 fully saturated rings. The molecule has 0 bridgehead atoms. The average molecular weight is 385 g/mol. The molecule has 0 unspecified atom stereocenters. The number of hydrogen-bond acceptors (Lipinski definition) is 6. The molecule has 0 radical (unpaired) electrons. The van der Waals surface area contributed by atoms with E-state index in [-0.39, 0.29) is 16.3 Å². The highest BCUT2D eigenvalue weighted by Crippen LogP contribution is 2.35. The molecule has 1 aromatic heterocycles. The summed E-state index contributed by atoms with van der Waals surface area (Å²) in [5, 5.41) is 3.80. The Labute approximate surface area is 155 Å². The van der Waals surface area contributed by atoms with Crippen molar-refractivity contribution in [3.63, 3.8) is 0 Å². The fraction of sp³-hybridized carbons (Fsp3) is 0.765. The van der Waals surface area contributed by atoms with Crippen molar-refractivity contribution in [3.05, 3.63) is 11.5 Å². The van der Waals surface area contributed by atoms with Crippen LogP contribution in [0.5, 0.6) is 0 Å². The number of likely N-dealkylation sites (tertiary alicyclic amines) is 1. The van der Waals surface area contributed by atoms with Gasteiger partial charge in [0, 0.05) is 44.7 Å². The summed E-state index contributed by atoms with van der Waals surface area (Å²) in [5.41, 5.74) is 0.0767. The fourth-order valence-corrected chi connectivity index (χ4v) is 5.97. The number of hydrogen-bond donors (Lipinski definition) is 0. The van der Waals surface area contributed by atoms with Gasteiger partial charge in [-0.1, -0.05) is 5.16 Å². The van der Waals surface area contributed by atoms with E-state index in [1.54, 1.807) is 18.2 Å². The number of piperazine rings is 1. The number of likely N-dealkylation sites (N-methyl/N-ethyl adjacent to an activating group) is 1. The summed E-state index contributed by atoms with van der Waals surface area (Å²) in [4.78, 5) is 16.6. The lowest BCUT2D eigenvalue weighted by atomic mass is 9.87. The van der Waals surface area contributed by atoms with Gasteiger partial charge in [0.25, 0.3) is 0 Å². The van der Waals surface area contributed by atoms with E-state index in [1.165, 1.54) is 0 Å². The Kier molecular flexibility index (Phi) is 5.15. The summed E-state index contributed by atoms with van der Waals surface area (Å²) in [7, 11) is -1.64. The zero-order valence-corrected chi connectivity index (χ0v) is 16.8. The molecule has 0 N–H and O–H groups in total. The van der Waals surface area contributed by atoms with Gasteiger partial charge < -0.3 is 9.42 Å². The Morgan fingerprint density at radius 2 is 1.92 bits per heavy atom. The van der Waals surface area contributed by atoms with Crippen LogP contribution in [0.15, 0.2) is 9.42 Å². The van der Waals surface area contributed by atoms with Crippen molar-refractivity contribution in [2.45, 2.75) is 50.5 Å². The van der Waals surface area contributed by atoms with Gasteiger partial charge in [-0.2, -0.15) is 4.31 Å². The molecule has 1 aromatic rings. The maximum atomic E-state index is 13.2. The molecule has 2 aliphatic rings. The van der Waals surface area contributed by atoms with E-state index in [0.717, 1.165) is 6.42 Å². The molecule has 2 aliphatic heterocycles. The third kappa shape index (κ3) is 3.16. The minimum atomic E-state index is -3.67. The van der Waals surface area contributed by atoms with Gasteiger partial charge in [-0.25, -0.2) is 8.42 Å². The molecule has 26 heavy (non-hydrogen) atoms. The molecule has 9 heteroatoms. The SMILES string of the molecule is CCN1CC[C@@]2(CCC1=O)CN(S(=O)(=O)c1c(C)noc1C)CCN2C. The molecule has 0 aromatic carbocycles. The molecule has 8 nitrogen and oxygen atoms in total. The second kappa shape index (κ2) is 6.94.